The quantitative estimate of drug-likeness (QED) is 0.314. The Morgan fingerprint density at radius 2 is 2.33 bits per heavy atom. The maximum atomic E-state index is 9.90. The van der Waals surface area contributed by atoms with Crippen molar-refractivity contribution in [1.82, 2.24) is 0 Å². The molecule has 0 unspecified atom stereocenters. The van der Waals surface area contributed by atoms with E-state index in [1.54, 1.807) is 6.08 Å². The molecule has 3 nitrogen and oxygen atoms in total. The van der Waals surface area contributed by atoms with Gasteiger partial charge in [0.05, 0.1) is 6.08 Å². The Hall–Kier alpha value is -0.990. The molecule has 32 valence electrons. The molecule has 0 aromatic rings. The van der Waals surface area contributed by atoms with Crippen LogP contribution in [-0.4, -0.2) is 10.6 Å². The van der Waals surface area contributed by atoms with Crippen LogP contribution in [0.2, 0.25) is 0 Å². The smallest absolute Gasteiger partial charge is 0.278 e. The highest BCUT2D eigenvalue weighted by molar-refractivity contribution is 5.89. The van der Waals surface area contributed by atoms with Crippen molar-refractivity contribution in [3.05, 3.63) is 17.5 Å². The molecule has 1 rings (SSSR count). The molecule has 6 heavy (non-hydrogen) atoms. The molecule has 0 fully saturated rings. The van der Waals surface area contributed by atoms with Gasteiger partial charge in [-0.05, 0) is 0 Å². The minimum atomic E-state index is 0.287. The third-order valence-electron chi connectivity index (χ3n) is 0.635. The maximum absolute atomic E-state index is 9.90. The van der Waals surface area contributed by atoms with Crippen molar-refractivity contribution in [3.8, 4) is 0 Å². The molecule has 0 aromatic carbocycles. The highest BCUT2D eigenvalue weighted by atomic mass is 16.5. The number of nitrogens with zero attached hydrogens (tertiary/aromatic N) is 1. The molecule has 1 heterocycles. The van der Waals surface area contributed by atoms with Crippen LogP contribution in [0.25, 0.3) is 0 Å². The van der Waals surface area contributed by atoms with Gasteiger partial charge in [0, 0.05) is 0 Å². The fourth-order valence-corrected chi connectivity index (χ4v) is 0.221. The van der Waals surface area contributed by atoms with Gasteiger partial charge in [-0.25, -0.2) is 4.74 Å². The standard InChI is InChI=1S/C3H4N2O/c4-3-1-2-5(3)6/h1-2H,4H2. The summed E-state index contributed by atoms with van der Waals surface area (Å²) in [7, 11) is 0. The van der Waals surface area contributed by atoms with E-state index in [2.05, 4.69) is 0 Å². The number of hydrogen-bond donors (Lipinski definition) is 1. The van der Waals surface area contributed by atoms with Crippen LogP contribution in [0.15, 0.2) is 12.3 Å². The van der Waals surface area contributed by atoms with Gasteiger partial charge >= 0.3 is 0 Å². The van der Waals surface area contributed by atoms with Crippen LogP contribution in [-0.2, 0) is 0 Å². The van der Waals surface area contributed by atoms with E-state index in [0.29, 0.717) is 4.74 Å². The summed E-state index contributed by atoms with van der Waals surface area (Å²) in [6.45, 7) is 0. The molecule has 0 saturated heterocycles. The minimum Gasteiger partial charge on any atom is -0.711 e. The van der Waals surface area contributed by atoms with E-state index in [0.717, 1.165) is 0 Å². The topological polar surface area (TPSA) is 52.1 Å². The lowest BCUT2D eigenvalue weighted by molar-refractivity contribution is -0.390. The van der Waals surface area contributed by atoms with Crippen LogP contribution in [0, 0.1) is 5.21 Å². The van der Waals surface area contributed by atoms with E-state index < -0.39 is 0 Å². The summed E-state index contributed by atoms with van der Waals surface area (Å²) < 4.78 is 0.611. The van der Waals surface area contributed by atoms with Crippen molar-refractivity contribution in [2.45, 2.75) is 0 Å². The van der Waals surface area contributed by atoms with Gasteiger partial charge in [-0.3, -0.25) is 5.73 Å². The van der Waals surface area contributed by atoms with Crippen molar-refractivity contribution in [1.29, 1.82) is 0 Å². The number of hydroxylamine groups is 1. The highest BCUT2D eigenvalue weighted by Gasteiger charge is 2.00. The van der Waals surface area contributed by atoms with E-state index in [1.165, 1.54) is 6.20 Å². The third-order valence-corrected chi connectivity index (χ3v) is 0.635. The second-order valence-electron chi connectivity index (χ2n) is 1.07. The first kappa shape index (κ1) is 3.21. The van der Waals surface area contributed by atoms with Crippen molar-refractivity contribution in [3.63, 3.8) is 0 Å². The molecule has 0 saturated carbocycles. The van der Waals surface area contributed by atoms with Gasteiger partial charge in [-0.15, -0.1) is 0 Å². The fraction of sp³-hybridized carbons (Fsp3) is 0. The van der Waals surface area contributed by atoms with E-state index in [1.807, 2.05) is 0 Å². The van der Waals surface area contributed by atoms with E-state index >= 15 is 0 Å². The third kappa shape index (κ3) is 0.190. The van der Waals surface area contributed by atoms with Gasteiger partial charge in [0.2, 0.25) is 0 Å². The average Bonchev–Trinajstić information content (AvgIpc) is 1.61. The van der Waals surface area contributed by atoms with Crippen LogP contribution in [0.1, 0.15) is 0 Å². The summed E-state index contributed by atoms with van der Waals surface area (Å²) in [5, 5.41) is 9.90. The van der Waals surface area contributed by atoms with Gasteiger partial charge < -0.3 is 5.21 Å². The molecule has 0 bridgehead atoms. The molecule has 0 spiro atoms. The molecule has 0 radical (unpaired) electrons. The van der Waals surface area contributed by atoms with Crippen molar-refractivity contribution in [2.24, 2.45) is 5.73 Å². The molecule has 0 aliphatic carbocycles. The largest absolute Gasteiger partial charge is 0.711 e. The molecule has 3 heteroatoms. The zero-order valence-corrected chi connectivity index (χ0v) is 3.09. The summed E-state index contributed by atoms with van der Waals surface area (Å²) >= 11 is 0. The molecule has 0 amide bonds. The van der Waals surface area contributed by atoms with E-state index in [-0.39, 0.29) is 5.84 Å². The van der Waals surface area contributed by atoms with E-state index in [4.69, 9.17) is 5.73 Å². The van der Waals surface area contributed by atoms with Crippen molar-refractivity contribution in [2.75, 3.05) is 0 Å². The second-order valence-corrected chi connectivity index (χ2v) is 1.07. The van der Waals surface area contributed by atoms with Crippen LogP contribution >= 0.6 is 0 Å². The van der Waals surface area contributed by atoms with Crippen molar-refractivity contribution >= 4 is 5.84 Å². The second kappa shape index (κ2) is 0.739. The normalized spacial score (nSPS) is 18.0. The Labute approximate surface area is 35.0 Å². The minimum absolute atomic E-state index is 0.287. The number of rotatable bonds is 0. The zero-order chi connectivity index (χ0) is 4.57. The summed E-state index contributed by atoms with van der Waals surface area (Å²) in [5.41, 5.74) is 4.97. The molecule has 2 N–H and O–H groups in total. The summed E-state index contributed by atoms with van der Waals surface area (Å²) in [5.74, 6) is 0.287. The van der Waals surface area contributed by atoms with Gasteiger partial charge in [-0.2, -0.15) is 0 Å². The first-order valence-electron chi connectivity index (χ1n) is 1.58. The maximum Gasteiger partial charge on any atom is 0.278 e. The lowest BCUT2D eigenvalue weighted by atomic mass is 10.5. The monoisotopic (exact) mass is 84.0 g/mol. The van der Waals surface area contributed by atoms with Gasteiger partial charge in [0.25, 0.3) is 5.84 Å². The van der Waals surface area contributed by atoms with Crippen LogP contribution < -0.4 is 5.73 Å². The van der Waals surface area contributed by atoms with Crippen LogP contribution in [0.4, 0.5) is 0 Å². The predicted octanol–water partition coefficient (Wildman–Crippen LogP) is -0.619. The highest BCUT2D eigenvalue weighted by Crippen LogP contribution is 1.86. The molecule has 0 aromatic heterocycles. The first-order valence-corrected chi connectivity index (χ1v) is 1.58. The van der Waals surface area contributed by atoms with Gasteiger partial charge in [0.1, 0.15) is 6.20 Å². The Balaban J connectivity index is 2.71. The van der Waals surface area contributed by atoms with Crippen molar-refractivity contribution < 1.29 is 4.74 Å². The van der Waals surface area contributed by atoms with Gasteiger partial charge in [-0.1, -0.05) is 0 Å². The predicted molar refractivity (Wildman–Crippen MR) is 22.0 cm³/mol. The first-order chi connectivity index (χ1) is 2.80. The molecule has 0 atom stereocenters. The van der Waals surface area contributed by atoms with E-state index in [9.17, 15) is 5.21 Å². The number of nitrogens with two attached hydrogens (primary N) is 1. The average molecular weight is 84.1 g/mol. The van der Waals surface area contributed by atoms with Crippen LogP contribution in [0.5, 0.6) is 0 Å². The molecule has 1 aliphatic rings. The Bertz CT molecular complexity index is 111. The fourth-order valence-electron chi connectivity index (χ4n) is 0.221. The van der Waals surface area contributed by atoms with Crippen LogP contribution in [0.3, 0.4) is 0 Å². The Morgan fingerprint density at radius 1 is 1.83 bits per heavy atom. The zero-order valence-electron chi connectivity index (χ0n) is 3.09. The molecule has 1 aliphatic heterocycles. The molecular weight excluding hydrogens is 80.0 g/mol. The molecular formula is C3H4N2O. The Kier molecular flexibility index (Phi) is 0.395. The SMILES string of the molecule is NC1=[N+]([O-])C=C1. The summed E-state index contributed by atoms with van der Waals surface area (Å²) in [6.07, 6.45) is 2.91. The number of hydrogen-bond acceptors (Lipinski definition) is 2. The summed E-state index contributed by atoms with van der Waals surface area (Å²) in [4.78, 5) is 0. The lowest BCUT2D eigenvalue weighted by Gasteiger charge is -2.08. The van der Waals surface area contributed by atoms with Gasteiger partial charge in [0.15, 0.2) is 0 Å². The number of amidine groups is 1. The lowest BCUT2D eigenvalue weighted by Crippen LogP contribution is -2.25. The Morgan fingerprint density at radius 3 is 2.33 bits per heavy atom. The summed E-state index contributed by atoms with van der Waals surface area (Å²) in [6, 6.07) is 0.